The molecule has 0 amide bonds. The first kappa shape index (κ1) is 21.6. The van der Waals surface area contributed by atoms with E-state index in [4.69, 9.17) is 9.47 Å². The SMILES string of the molecule is CC(C)C[C@H](NS(=O)C(C)(C)C)[C@@]1(C)O[C@](C)(C(C)(C)C)OC1=O. The van der Waals surface area contributed by atoms with Crippen LogP contribution in [0.15, 0.2) is 0 Å². The van der Waals surface area contributed by atoms with Crippen molar-refractivity contribution in [2.45, 2.75) is 97.8 Å². The molecule has 24 heavy (non-hydrogen) atoms. The molecule has 1 heterocycles. The second-order valence-electron chi connectivity index (χ2n) is 9.48. The largest absolute Gasteiger partial charge is 0.431 e. The van der Waals surface area contributed by atoms with Crippen molar-refractivity contribution in [3.63, 3.8) is 0 Å². The van der Waals surface area contributed by atoms with Gasteiger partial charge in [0.25, 0.3) is 0 Å². The van der Waals surface area contributed by atoms with Gasteiger partial charge in [-0.1, -0.05) is 34.6 Å². The molecule has 0 saturated carbocycles. The fourth-order valence-corrected chi connectivity index (χ4v) is 3.36. The van der Waals surface area contributed by atoms with Crippen molar-refractivity contribution in [2.75, 3.05) is 0 Å². The Labute approximate surface area is 149 Å². The molecule has 0 aromatic heterocycles. The Kier molecular flexibility index (Phi) is 6.02. The van der Waals surface area contributed by atoms with Crippen molar-refractivity contribution in [2.24, 2.45) is 11.3 Å². The minimum atomic E-state index is -1.30. The van der Waals surface area contributed by atoms with Gasteiger partial charge < -0.3 is 9.47 Å². The number of ether oxygens (including phenoxy) is 2. The van der Waals surface area contributed by atoms with Gasteiger partial charge in [0.1, 0.15) is 0 Å². The Morgan fingerprint density at radius 1 is 1.12 bits per heavy atom. The number of carbonyl (C=O) groups excluding carboxylic acids is 1. The van der Waals surface area contributed by atoms with Gasteiger partial charge in [0.2, 0.25) is 5.79 Å². The summed E-state index contributed by atoms with van der Waals surface area (Å²) in [5.74, 6) is -1.10. The van der Waals surface area contributed by atoms with Crippen molar-refractivity contribution in [1.82, 2.24) is 4.72 Å². The van der Waals surface area contributed by atoms with Crippen molar-refractivity contribution in [1.29, 1.82) is 0 Å². The summed E-state index contributed by atoms with van der Waals surface area (Å²) in [5, 5.41) is 0. The van der Waals surface area contributed by atoms with Gasteiger partial charge in [-0.3, -0.25) is 0 Å². The third-order valence-electron chi connectivity index (χ3n) is 4.64. The van der Waals surface area contributed by atoms with Crippen LogP contribution in [0.25, 0.3) is 0 Å². The predicted octanol–water partition coefficient (Wildman–Crippen LogP) is 3.55. The Morgan fingerprint density at radius 2 is 1.62 bits per heavy atom. The summed E-state index contributed by atoms with van der Waals surface area (Å²) in [6, 6.07) is -0.394. The molecule has 1 fully saturated rings. The molecule has 0 aliphatic carbocycles. The Bertz CT molecular complexity index is 506. The summed E-state index contributed by atoms with van der Waals surface area (Å²) in [4.78, 5) is 12.7. The quantitative estimate of drug-likeness (QED) is 0.761. The molecule has 5 nitrogen and oxygen atoms in total. The molecular weight excluding hydrogens is 326 g/mol. The normalized spacial score (nSPS) is 31.2. The standard InChI is InChI=1S/C18H35NO4S/c1-12(2)11-13(19-24(21)16(6,7)8)17(9)14(20)22-18(10,23-17)15(3,4)5/h12-13,19H,11H2,1-10H3/t13-,17+,18+,24?/m0/s1. The maximum atomic E-state index is 12.7. The van der Waals surface area contributed by atoms with Gasteiger partial charge in [-0.2, -0.15) is 0 Å². The monoisotopic (exact) mass is 361 g/mol. The van der Waals surface area contributed by atoms with Crippen molar-refractivity contribution < 1.29 is 18.5 Å². The average molecular weight is 362 g/mol. The number of esters is 1. The Morgan fingerprint density at radius 3 is 1.96 bits per heavy atom. The summed E-state index contributed by atoms with van der Waals surface area (Å²) in [6.45, 7) is 19.3. The van der Waals surface area contributed by atoms with E-state index in [-0.39, 0.29) is 5.41 Å². The lowest BCUT2D eigenvalue weighted by atomic mass is 9.86. The summed E-state index contributed by atoms with van der Waals surface area (Å²) in [5.41, 5.74) is -1.54. The maximum absolute atomic E-state index is 12.7. The minimum absolute atomic E-state index is 0.314. The predicted molar refractivity (Wildman–Crippen MR) is 97.7 cm³/mol. The van der Waals surface area contributed by atoms with E-state index >= 15 is 0 Å². The maximum Gasteiger partial charge on any atom is 0.342 e. The highest BCUT2D eigenvalue weighted by Gasteiger charge is 2.61. The van der Waals surface area contributed by atoms with Crippen LogP contribution in [0.4, 0.5) is 0 Å². The molecule has 142 valence electrons. The van der Waals surface area contributed by atoms with Crippen LogP contribution in [0, 0.1) is 11.3 Å². The lowest BCUT2D eigenvalue weighted by Gasteiger charge is -2.39. The number of rotatable bonds is 5. The molecule has 1 N–H and O–H groups in total. The molecule has 0 bridgehead atoms. The van der Waals surface area contributed by atoms with E-state index in [0.29, 0.717) is 12.3 Å². The van der Waals surface area contributed by atoms with Crippen LogP contribution in [0.3, 0.4) is 0 Å². The summed E-state index contributed by atoms with van der Waals surface area (Å²) in [7, 11) is -1.30. The molecule has 0 aromatic carbocycles. The lowest BCUT2D eigenvalue weighted by Crippen LogP contribution is -2.57. The van der Waals surface area contributed by atoms with E-state index in [1.165, 1.54) is 0 Å². The highest BCUT2D eigenvalue weighted by Crippen LogP contribution is 2.45. The van der Waals surface area contributed by atoms with E-state index in [9.17, 15) is 9.00 Å². The topological polar surface area (TPSA) is 64.6 Å². The van der Waals surface area contributed by atoms with Gasteiger partial charge in [0, 0.05) is 12.3 Å². The van der Waals surface area contributed by atoms with Crippen LogP contribution >= 0.6 is 0 Å². The lowest BCUT2D eigenvalue weighted by molar-refractivity contribution is -0.233. The first-order chi connectivity index (χ1) is 10.5. The van der Waals surface area contributed by atoms with Crippen molar-refractivity contribution >= 4 is 17.0 Å². The van der Waals surface area contributed by atoms with Gasteiger partial charge in [0.15, 0.2) is 5.60 Å². The summed E-state index contributed by atoms with van der Waals surface area (Å²) in [6.07, 6.45) is 0.660. The zero-order chi connectivity index (χ0) is 19.1. The van der Waals surface area contributed by atoms with Crippen LogP contribution in [0.1, 0.15) is 75.7 Å². The van der Waals surface area contributed by atoms with Gasteiger partial charge in [-0.05, 0) is 40.0 Å². The van der Waals surface area contributed by atoms with E-state index < -0.39 is 39.1 Å². The van der Waals surface area contributed by atoms with Gasteiger partial charge in [0.05, 0.1) is 21.8 Å². The molecule has 0 aromatic rings. The smallest absolute Gasteiger partial charge is 0.342 e. The molecule has 1 rings (SSSR count). The number of carbonyl (C=O) groups is 1. The van der Waals surface area contributed by atoms with Crippen LogP contribution in [-0.4, -0.2) is 32.4 Å². The van der Waals surface area contributed by atoms with Crippen LogP contribution in [0.5, 0.6) is 0 Å². The third-order valence-corrected chi connectivity index (χ3v) is 6.25. The van der Waals surface area contributed by atoms with Crippen molar-refractivity contribution in [3.05, 3.63) is 0 Å². The van der Waals surface area contributed by atoms with Crippen LogP contribution < -0.4 is 4.72 Å². The molecule has 1 aliphatic heterocycles. The van der Waals surface area contributed by atoms with Crippen LogP contribution in [-0.2, 0) is 25.3 Å². The first-order valence-electron chi connectivity index (χ1n) is 8.64. The summed E-state index contributed by atoms with van der Waals surface area (Å²) >= 11 is 0. The second-order valence-corrected chi connectivity index (χ2v) is 11.5. The average Bonchev–Trinajstić information content (AvgIpc) is 2.58. The van der Waals surface area contributed by atoms with Crippen LogP contribution in [0.2, 0.25) is 0 Å². The minimum Gasteiger partial charge on any atom is -0.431 e. The zero-order valence-corrected chi connectivity index (χ0v) is 17.7. The Hall–Kier alpha value is -0.460. The van der Waals surface area contributed by atoms with Gasteiger partial charge in [-0.25, -0.2) is 13.7 Å². The van der Waals surface area contributed by atoms with E-state index in [0.717, 1.165) is 0 Å². The number of cyclic esters (lactones) is 1. The van der Waals surface area contributed by atoms with Gasteiger partial charge >= 0.3 is 5.97 Å². The zero-order valence-electron chi connectivity index (χ0n) is 16.9. The molecule has 6 heteroatoms. The highest BCUT2D eigenvalue weighted by atomic mass is 32.2. The fraction of sp³-hybridized carbons (Fsp3) is 0.944. The van der Waals surface area contributed by atoms with Crippen molar-refractivity contribution in [3.8, 4) is 0 Å². The fourth-order valence-electron chi connectivity index (χ4n) is 2.43. The number of hydrogen-bond donors (Lipinski definition) is 1. The van der Waals surface area contributed by atoms with E-state index in [1.807, 2.05) is 41.5 Å². The first-order valence-corrected chi connectivity index (χ1v) is 9.79. The van der Waals surface area contributed by atoms with E-state index in [1.54, 1.807) is 13.8 Å². The van der Waals surface area contributed by atoms with E-state index in [2.05, 4.69) is 18.6 Å². The molecule has 0 radical (unpaired) electrons. The number of hydrogen-bond acceptors (Lipinski definition) is 4. The molecule has 1 unspecified atom stereocenters. The molecule has 1 aliphatic rings. The molecular formula is C18H35NO4S. The highest BCUT2D eigenvalue weighted by molar-refractivity contribution is 7.84. The summed E-state index contributed by atoms with van der Waals surface area (Å²) < 4.78 is 27.2. The third kappa shape index (κ3) is 4.38. The second kappa shape index (κ2) is 6.69. The Balaban J connectivity index is 3.17. The molecule has 4 atom stereocenters. The molecule has 0 spiro atoms. The molecule has 1 saturated heterocycles. The van der Waals surface area contributed by atoms with Gasteiger partial charge in [-0.15, -0.1) is 0 Å². The number of nitrogens with one attached hydrogen (secondary N) is 1.